The Hall–Kier alpha value is -7.70. The molecule has 1 aliphatic heterocycles. The number of benzene rings is 4. The van der Waals surface area contributed by atoms with Crippen LogP contribution in [-0.4, -0.2) is 33.1 Å². The molecule has 4 aromatic heterocycles. The van der Waals surface area contributed by atoms with Crippen molar-refractivity contribution in [3.8, 4) is 0 Å². The standard InChI is InChI=1S/C48H22F19N4O3P/c1-3-73-75(72,74-4-2)48-46(66)35(55)28(36(56)47(48)67)24-19-11-9-17(70-19)22(26-31(51)39(59)44(64)40(60)32(26)52)15-7-5-13(68-15)21(25-29(49)37(57)43(63)38(58)30(25)50)14-6-8-16(69-14)23(18-10-12-20(24)71-18)27-33(53)41(61)45(65)42(62)34(27)54/h5-12,68-71H,3-4H2,1-2H3. The van der Waals surface area contributed by atoms with Crippen LogP contribution in [0, 0.1) is 111 Å². The van der Waals surface area contributed by atoms with Crippen LogP contribution in [0.2, 0.25) is 0 Å². The minimum absolute atomic E-state index is 0.625. The van der Waals surface area contributed by atoms with E-state index in [1.165, 1.54) is 0 Å². The molecule has 4 aromatic carbocycles. The predicted molar refractivity (Wildman–Crippen MR) is 224 cm³/mol. The van der Waals surface area contributed by atoms with Gasteiger partial charge in [0.15, 0.2) is 93.1 Å². The van der Waals surface area contributed by atoms with Crippen molar-refractivity contribution in [1.29, 1.82) is 0 Å². The maximum Gasteiger partial charge on any atom is 0.367 e. The number of rotatable bonds is 9. The van der Waals surface area contributed by atoms with E-state index in [-0.39, 0.29) is 0 Å². The molecular weight excluding hydrogens is 1070 g/mol. The summed E-state index contributed by atoms with van der Waals surface area (Å²) in [7, 11) is -5.30. The van der Waals surface area contributed by atoms with E-state index in [1.54, 1.807) is 0 Å². The zero-order chi connectivity index (χ0) is 54.6. The third-order valence-electron chi connectivity index (χ3n) is 11.6. The van der Waals surface area contributed by atoms with E-state index in [0.29, 0.717) is 48.5 Å². The van der Waals surface area contributed by atoms with E-state index in [9.17, 15) is 17.7 Å². The lowest BCUT2D eigenvalue weighted by atomic mass is 10.00. The minimum atomic E-state index is -5.30. The van der Waals surface area contributed by atoms with Gasteiger partial charge in [-0.2, -0.15) is 0 Å². The molecule has 5 heterocycles. The summed E-state index contributed by atoms with van der Waals surface area (Å²) in [5.74, 6) is -49.0. The zero-order valence-corrected chi connectivity index (χ0v) is 37.8. The highest BCUT2D eigenvalue weighted by Gasteiger charge is 2.41. The summed E-state index contributed by atoms with van der Waals surface area (Å²) in [6, 6.07) is 5.40. The Balaban J connectivity index is 1.54. The second kappa shape index (κ2) is 18.9. The number of aromatic amines is 4. The summed E-state index contributed by atoms with van der Waals surface area (Å²) >= 11 is 0. The van der Waals surface area contributed by atoms with E-state index in [4.69, 9.17) is 9.05 Å². The third-order valence-corrected chi connectivity index (χ3v) is 13.8. The number of halogens is 19. The molecule has 27 heteroatoms. The van der Waals surface area contributed by atoms with Crippen LogP contribution in [0.1, 0.15) is 58.9 Å². The number of hydrogen-bond donors (Lipinski definition) is 4. The molecule has 0 saturated heterocycles. The van der Waals surface area contributed by atoms with Crippen molar-refractivity contribution >= 4 is 35.2 Å². The first kappa shape index (κ1) is 52.2. The van der Waals surface area contributed by atoms with Crippen LogP contribution in [0.4, 0.5) is 83.4 Å². The maximum atomic E-state index is 16.8. The van der Waals surface area contributed by atoms with Crippen molar-refractivity contribution in [3.05, 3.63) is 225 Å². The molecule has 7 nitrogen and oxygen atoms in total. The normalized spacial score (nSPS) is 13.0. The first-order valence-electron chi connectivity index (χ1n) is 21.0. The van der Waals surface area contributed by atoms with Gasteiger partial charge >= 0.3 is 7.60 Å². The first-order valence-corrected chi connectivity index (χ1v) is 22.5. The lowest BCUT2D eigenvalue weighted by Gasteiger charge is -2.20. The number of aromatic nitrogens is 4. The molecule has 0 aliphatic carbocycles. The molecule has 0 amide bonds. The van der Waals surface area contributed by atoms with Crippen LogP contribution in [-0.2, 0) is 13.6 Å². The zero-order valence-electron chi connectivity index (χ0n) is 36.9. The fraction of sp³-hybridized carbons (Fsp3) is 0.0833. The van der Waals surface area contributed by atoms with Gasteiger partial charge in [0.2, 0.25) is 17.5 Å². The third kappa shape index (κ3) is 7.90. The quantitative estimate of drug-likeness (QED) is 0.0502. The van der Waals surface area contributed by atoms with Gasteiger partial charge in [0.25, 0.3) is 0 Å². The Morgan fingerprint density at radius 3 is 0.720 bits per heavy atom. The summed E-state index contributed by atoms with van der Waals surface area (Å²) in [6.45, 7) is 1.06. The SMILES string of the molecule is CCOP(=O)(OCC)c1c(F)c(F)c(C2=c3ccc([nH]3)=C(c3c(F)c(F)c(F)c(F)c3F)c3ccc([nH]3)C(c3c(F)c(F)c(F)c(F)c3F)=c3ccc([nH]3)=C(c3c(F)c(F)c(F)c(F)c3F)c3ccc2[nH]3)c(F)c1F. The van der Waals surface area contributed by atoms with Crippen molar-refractivity contribution in [2.24, 2.45) is 0 Å². The van der Waals surface area contributed by atoms with Crippen LogP contribution in [0.25, 0.3) is 22.3 Å². The number of hydrogen-bond acceptors (Lipinski definition) is 3. The molecular formula is C48H22F19N4O3P. The monoisotopic (exact) mass is 1090 g/mol. The fourth-order valence-corrected chi connectivity index (χ4v) is 10.2. The molecule has 8 bridgehead atoms. The predicted octanol–water partition coefficient (Wildman–Crippen LogP) is 9.84. The summed E-state index contributed by atoms with van der Waals surface area (Å²) in [5, 5.41) is -5.51. The second-order valence-corrected chi connectivity index (χ2v) is 17.7. The Morgan fingerprint density at radius 2 is 0.507 bits per heavy atom. The highest BCUT2D eigenvalue weighted by atomic mass is 31.2. The molecule has 0 spiro atoms. The Morgan fingerprint density at radius 1 is 0.307 bits per heavy atom. The maximum absolute atomic E-state index is 16.8. The average Bonchev–Trinajstić information content (AvgIpc) is 4.25. The van der Waals surface area contributed by atoms with Crippen molar-refractivity contribution in [1.82, 2.24) is 19.9 Å². The average molecular weight is 1090 g/mol. The van der Waals surface area contributed by atoms with Gasteiger partial charge in [0.1, 0.15) is 5.30 Å². The van der Waals surface area contributed by atoms with Gasteiger partial charge in [-0.15, -0.1) is 0 Å². The van der Waals surface area contributed by atoms with Crippen molar-refractivity contribution < 1.29 is 97.0 Å². The summed E-state index contributed by atoms with van der Waals surface area (Å²) < 4.78 is 320. The Bertz CT molecular complexity index is 3980. The smallest absolute Gasteiger partial charge is 0.354 e. The van der Waals surface area contributed by atoms with Crippen molar-refractivity contribution in [3.63, 3.8) is 0 Å². The van der Waals surface area contributed by atoms with Crippen molar-refractivity contribution in [2.45, 2.75) is 13.8 Å². The van der Waals surface area contributed by atoms with E-state index in [2.05, 4.69) is 19.9 Å². The van der Waals surface area contributed by atoms with Crippen LogP contribution in [0.3, 0.4) is 0 Å². The van der Waals surface area contributed by atoms with E-state index in [0.717, 1.165) is 13.8 Å². The number of H-pyrrole nitrogens is 4. The molecule has 8 aromatic rings. The molecule has 4 N–H and O–H groups in total. The molecule has 0 fully saturated rings. The lowest BCUT2D eigenvalue weighted by molar-refractivity contribution is 0.227. The lowest BCUT2D eigenvalue weighted by Crippen LogP contribution is -2.26. The minimum Gasteiger partial charge on any atom is -0.354 e. The fourth-order valence-electron chi connectivity index (χ4n) is 8.46. The summed E-state index contributed by atoms with van der Waals surface area (Å²) in [6.07, 6.45) is 0. The van der Waals surface area contributed by atoms with Crippen LogP contribution in [0.15, 0.2) is 48.5 Å². The largest absolute Gasteiger partial charge is 0.367 e. The Kier molecular flexibility index (Phi) is 13.1. The van der Waals surface area contributed by atoms with Gasteiger partial charge in [0, 0.05) is 66.5 Å². The molecule has 390 valence electrons. The molecule has 0 saturated carbocycles. The van der Waals surface area contributed by atoms with Gasteiger partial charge < -0.3 is 29.0 Å². The van der Waals surface area contributed by atoms with Gasteiger partial charge in [-0.1, -0.05) is 0 Å². The highest BCUT2D eigenvalue weighted by Crippen LogP contribution is 2.50. The topological polar surface area (TPSA) is 98.7 Å². The second-order valence-electron chi connectivity index (χ2n) is 15.8. The van der Waals surface area contributed by atoms with Gasteiger partial charge in [-0.25, -0.2) is 83.4 Å². The van der Waals surface area contributed by atoms with E-state index in [1.807, 2.05) is 0 Å². The van der Waals surface area contributed by atoms with Crippen LogP contribution < -0.4 is 26.7 Å². The van der Waals surface area contributed by atoms with Crippen LogP contribution >= 0.6 is 7.60 Å². The Labute approximate surface area is 404 Å². The molecule has 0 atom stereocenters. The number of fused-ring (bicyclic) bond motifs is 8. The highest BCUT2D eigenvalue weighted by molar-refractivity contribution is 7.62. The first-order chi connectivity index (χ1) is 35.4. The summed E-state index contributed by atoms with van der Waals surface area (Å²) in [5.41, 5.74) is -15.7. The summed E-state index contributed by atoms with van der Waals surface area (Å²) in [4.78, 5) is 9.26. The molecule has 9 rings (SSSR count). The van der Waals surface area contributed by atoms with Crippen LogP contribution in [0.5, 0.6) is 0 Å². The molecule has 0 radical (unpaired) electrons. The van der Waals surface area contributed by atoms with E-state index < -0.39 is 225 Å². The van der Waals surface area contributed by atoms with Gasteiger partial charge in [-0.05, 0) is 62.4 Å². The van der Waals surface area contributed by atoms with E-state index >= 15 is 70.2 Å². The van der Waals surface area contributed by atoms with Gasteiger partial charge in [0.05, 0.1) is 35.5 Å². The van der Waals surface area contributed by atoms with Crippen molar-refractivity contribution in [2.75, 3.05) is 13.2 Å². The van der Waals surface area contributed by atoms with Gasteiger partial charge in [-0.3, -0.25) is 4.57 Å². The molecule has 1 aliphatic rings. The molecule has 0 unspecified atom stereocenters. The number of nitrogens with one attached hydrogen (secondary N) is 4. The molecule has 75 heavy (non-hydrogen) atoms.